The molecular formula is C26H26Cl2F2N4O. The number of rotatable bonds is 4. The van der Waals surface area contributed by atoms with E-state index in [0.29, 0.717) is 41.8 Å². The zero-order valence-electron chi connectivity index (χ0n) is 19.3. The summed E-state index contributed by atoms with van der Waals surface area (Å²) in [7, 11) is 0. The van der Waals surface area contributed by atoms with E-state index in [0.717, 1.165) is 36.0 Å². The van der Waals surface area contributed by atoms with Crippen LogP contribution in [-0.2, 0) is 4.79 Å². The maximum atomic E-state index is 14.4. The third-order valence-electron chi connectivity index (χ3n) is 7.11. The van der Waals surface area contributed by atoms with E-state index in [4.69, 9.17) is 23.2 Å². The number of nitrogens with zero attached hydrogens (tertiary/aromatic N) is 3. The molecule has 0 saturated carbocycles. The van der Waals surface area contributed by atoms with Crippen molar-refractivity contribution < 1.29 is 13.6 Å². The van der Waals surface area contributed by atoms with Crippen LogP contribution >= 0.6 is 23.2 Å². The molecule has 0 bridgehead atoms. The number of hydrogen-bond donors (Lipinski definition) is 1. The highest BCUT2D eigenvalue weighted by Gasteiger charge is 2.39. The normalized spacial score (nSPS) is 21.0. The minimum absolute atomic E-state index is 0.0183. The number of hydrogen-bond acceptors (Lipinski definition) is 3. The largest absolute Gasteiger partial charge is 0.342 e. The standard InChI is InChI=1S/C26H26Cl2F2N4O/c1-15-10-24(34(32-15)25-11-17(27)2-5-22(25)28)16-6-8-33(9-7-16)26(35)21-14-31-13-20(21)19-4-3-18(29)12-23(19)30/h2-5,10-12,16,20-21,31H,6-9,13-14H2,1H3/t20-,21+/m0/s1. The molecule has 2 fully saturated rings. The van der Waals surface area contributed by atoms with Crippen molar-refractivity contribution in [1.29, 1.82) is 0 Å². The molecule has 2 saturated heterocycles. The number of carbonyl (C=O) groups excluding carboxylic acids is 1. The van der Waals surface area contributed by atoms with Gasteiger partial charge in [0, 0.05) is 54.8 Å². The van der Waals surface area contributed by atoms with Gasteiger partial charge in [0.25, 0.3) is 0 Å². The Morgan fingerprint density at radius 3 is 2.57 bits per heavy atom. The predicted molar refractivity (Wildman–Crippen MR) is 132 cm³/mol. The van der Waals surface area contributed by atoms with Crippen LogP contribution in [-0.4, -0.2) is 46.8 Å². The molecule has 35 heavy (non-hydrogen) atoms. The fraction of sp³-hybridized carbons (Fsp3) is 0.385. The van der Waals surface area contributed by atoms with Crippen LogP contribution in [0, 0.1) is 24.5 Å². The Morgan fingerprint density at radius 1 is 1.06 bits per heavy atom. The number of nitrogens with one attached hydrogen (secondary N) is 1. The van der Waals surface area contributed by atoms with Gasteiger partial charge < -0.3 is 10.2 Å². The van der Waals surface area contributed by atoms with E-state index in [1.165, 1.54) is 12.1 Å². The molecule has 0 unspecified atom stereocenters. The molecule has 5 nitrogen and oxygen atoms in total. The summed E-state index contributed by atoms with van der Waals surface area (Å²) in [5, 5.41) is 9.02. The second-order valence-corrected chi connectivity index (χ2v) is 10.2. The second kappa shape index (κ2) is 9.88. The molecule has 0 spiro atoms. The number of piperidine rings is 1. The SMILES string of the molecule is Cc1cc(C2CCN(C(=O)[C@@H]3CNC[C@H]3c3ccc(F)cc3F)CC2)n(-c2cc(Cl)ccc2Cl)n1. The van der Waals surface area contributed by atoms with Gasteiger partial charge in [-0.25, -0.2) is 13.5 Å². The highest BCUT2D eigenvalue weighted by atomic mass is 35.5. The van der Waals surface area contributed by atoms with Gasteiger partial charge in [0.05, 0.1) is 22.3 Å². The Kier molecular flexibility index (Phi) is 6.84. The van der Waals surface area contributed by atoms with Gasteiger partial charge in [-0.3, -0.25) is 4.79 Å². The van der Waals surface area contributed by atoms with Crippen LogP contribution in [0.2, 0.25) is 10.0 Å². The molecule has 1 aromatic heterocycles. The first-order valence-electron chi connectivity index (χ1n) is 11.8. The molecule has 184 valence electrons. The van der Waals surface area contributed by atoms with Crippen molar-refractivity contribution in [3.05, 3.63) is 81.1 Å². The average molecular weight is 519 g/mol. The predicted octanol–water partition coefficient (Wildman–Crippen LogP) is 5.47. The Hall–Kier alpha value is -2.48. The lowest BCUT2D eigenvalue weighted by Gasteiger charge is -2.35. The minimum atomic E-state index is -0.615. The number of benzene rings is 2. The molecule has 1 N–H and O–H groups in total. The van der Waals surface area contributed by atoms with E-state index >= 15 is 0 Å². The lowest BCUT2D eigenvalue weighted by Crippen LogP contribution is -2.43. The summed E-state index contributed by atoms with van der Waals surface area (Å²) in [5.41, 5.74) is 3.06. The third kappa shape index (κ3) is 4.82. The Morgan fingerprint density at radius 2 is 1.83 bits per heavy atom. The summed E-state index contributed by atoms with van der Waals surface area (Å²) in [6, 6.07) is 11.0. The molecule has 3 aromatic rings. The molecule has 5 rings (SSSR count). The minimum Gasteiger partial charge on any atom is -0.342 e. The number of halogens is 4. The van der Waals surface area contributed by atoms with Crippen LogP contribution in [0.15, 0.2) is 42.5 Å². The van der Waals surface area contributed by atoms with Gasteiger partial charge in [-0.05, 0) is 55.7 Å². The Labute approximate surface area is 213 Å². The summed E-state index contributed by atoms with van der Waals surface area (Å²) >= 11 is 12.7. The number of aryl methyl sites for hydroxylation is 1. The first-order chi connectivity index (χ1) is 16.8. The van der Waals surface area contributed by atoms with Crippen molar-refractivity contribution in [1.82, 2.24) is 20.0 Å². The van der Waals surface area contributed by atoms with Crippen molar-refractivity contribution in [2.75, 3.05) is 26.2 Å². The molecule has 0 aliphatic carbocycles. The van der Waals surface area contributed by atoms with Gasteiger partial charge in [0.15, 0.2) is 0 Å². The van der Waals surface area contributed by atoms with Crippen molar-refractivity contribution >= 4 is 29.1 Å². The molecule has 9 heteroatoms. The number of amides is 1. The van der Waals surface area contributed by atoms with Crippen molar-refractivity contribution in [2.45, 2.75) is 31.6 Å². The quantitative estimate of drug-likeness (QED) is 0.497. The van der Waals surface area contributed by atoms with Crippen molar-refractivity contribution in [2.24, 2.45) is 5.92 Å². The van der Waals surface area contributed by atoms with Crippen LogP contribution in [0.1, 0.15) is 41.6 Å². The van der Waals surface area contributed by atoms with Crippen LogP contribution in [0.25, 0.3) is 5.69 Å². The smallest absolute Gasteiger partial charge is 0.227 e. The van der Waals surface area contributed by atoms with E-state index in [1.54, 1.807) is 18.2 Å². The van der Waals surface area contributed by atoms with Gasteiger partial charge in [0.2, 0.25) is 5.91 Å². The molecular weight excluding hydrogens is 493 g/mol. The van der Waals surface area contributed by atoms with E-state index in [9.17, 15) is 13.6 Å². The van der Waals surface area contributed by atoms with Crippen molar-refractivity contribution in [3.63, 3.8) is 0 Å². The maximum absolute atomic E-state index is 14.4. The molecule has 2 aromatic carbocycles. The lowest BCUT2D eigenvalue weighted by molar-refractivity contribution is -0.136. The summed E-state index contributed by atoms with van der Waals surface area (Å²) in [6.45, 7) is 4.13. The highest BCUT2D eigenvalue weighted by Crippen LogP contribution is 2.36. The molecule has 1 amide bonds. The summed E-state index contributed by atoms with van der Waals surface area (Å²) in [4.78, 5) is 15.3. The zero-order chi connectivity index (χ0) is 24.7. The summed E-state index contributed by atoms with van der Waals surface area (Å²) in [5.74, 6) is -1.67. The second-order valence-electron chi connectivity index (χ2n) is 9.35. The van der Waals surface area contributed by atoms with Gasteiger partial charge in [0.1, 0.15) is 11.6 Å². The zero-order valence-corrected chi connectivity index (χ0v) is 20.8. The number of aromatic nitrogens is 2. The van der Waals surface area contributed by atoms with Crippen LogP contribution in [0.4, 0.5) is 8.78 Å². The Balaban J connectivity index is 1.31. The molecule has 2 atom stereocenters. The first-order valence-corrected chi connectivity index (χ1v) is 12.5. The number of likely N-dealkylation sites (tertiary alicyclic amines) is 1. The summed E-state index contributed by atoms with van der Waals surface area (Å²) in [6.07, 6.45) is 1.57. The average Bonchev–Trinajstić information content (AvgIpc) is 3.47. The molecule has 0 radical (unpaired) electrons. The van der Waals surface area contributed by atoms with Gasteiger partial charge >= 0.3 is 0 Å². The summed E-state index contributed by atoms with van der Waals surface area (Å²) < 4.78 is 29.7. The van der Waals surface area contributed by atoms with E-state index in [2.05, 4.69) is 16.5 Å². The maximum Gasteiger partial charge on any atom is 0.227 e. The van der Waals surface area contributed by atoms with E-state index < -0.39 is 11.6 Å². The van der Waals surface area contributed by atoms with Gasteiger partial charge in [-0.1, -0.05) is 29.3 Å². The van der Waals surface area contributed by atoms with Crippen molar-refractivity contribution in [3.8, 4) is 5.69 Å². The fourth-order valence-corrected chi connectivity index (χ4v) is 5.71. The monoisotopic (exact) mass is 518 g/mol. The fourth-order valence-electron chi connectivity index (χ4n) is 5.35. The van der Waals surface area contributed by atoms with E-state index in [-0.39, 0.29) is 23.7 Å². The Bertz CT molecular complexity index is 1260. The van der Waals surface area contributed by atoms with Crippen LogP contribution in [0.5, 0.6) is 0 Å². The van der Waals surface area contributed by atoms with Gasteiger partial charge in [-0.2, -0.15) is 5.10 Å². The first kappa shape index (κ1) is 24.2. The van der Waals surface area contributed by atoms with E-state index in [1.807, 2.05) is 16.5 Å². The van der Waals surface area contributed by atoms with Crippen LogP contribution in [0.3, 0.4) is 0 Å². The topological polar surface area (TPSA) is 50.2 Å². The lowest BCUT2D eigenvalue weighted by atomic mass is 9.86. The molecule has 2 aliphatic heterocycles. The highest BCUT2D eigenvalue weighted by molar-refractivity contribution is 6.34. The number of carbonyl (C=O) groups is 1. The van der Waals surface area contributed by atoms with Gasteiger partial charge in [-0.15, -0.1) is 0 Å². The molecule has 2 aliphatic rings. The van der Waals surface area contributed by atoms with Crippen LogP contribution < -0.4 is 5.32 Å². The third-order valence-corrected chi connectivity index (χ3v) is 7.67. The molecule has 3 heterocycles.